The van der Waals surface area contributed by atoms with Crippen molar-refractivity contribution in [3.05, 3.63) is 30.0 Å². The monoisotopic (exact) mass is 246 g/mol. The van der Waals surface area contributed by atoms with E-state index in [0.717, 1.165) is 29.2 Å². The molecule has 94 valence electrons. The van der Waals surface area contributed by atoms with Crippen LogP contribution >= 0.6 is 0 Å². The van der Waals surface area contributed by atoms with Crippen molar-refractivity contribution in [2.75, 3.05) is 13.2 Å². The van der Waals surface area contributed by atoms with E-state index in [2.05, 4.69) is 5.16 Å². The van der Waals surface area contributed by atoms with Gasteiger partial charge in [-0.2, -0.15) is 0 Å². The van der Waals surface area contributed by atoms with Gasteiger partial charge in [0.05, 0.1) is 19.8 Å². The molecule has 2 aromatic rings. The van der Waals surface area contributed by atoms with Crippen LogP contribution in [0.4, 0.5) is 0 Å². The smallest absolute Gasteiger partial charge is 0.161 e. The summed E-state index contributed by atoms with van der Waals surface area (Å²) < 4.78 is 16.3. The molecule has 2 heterocycles. The molecular formula is C13H14N2O3. The average molecular weight is 246 g/mol. The van der Waals surface area contributed by atoms with E-state index in [1.165, 1.54) is 0 Å². The van der Waals surface area contributed by atoms with Crippen molar-refractivity contribution in [1.29, 1.82) is 0 Å². The van der Waals surface area contributed by atoms with Crippen LogP contribution in [0.25, 0.3) is 11.3 Å². The number of rotatable bonds is 2. The van der Waals surface area contributed by atoms with Crippen LogP contribution in [-0.2, 0) is 6.54 Å². The highest BCUT2D eigenvalue weighted by molar-refractivity contribution is 5.63. The van der Waals surface area contributed by atoms with Crippen LogP contribution < -0.4 is 15.2 Å². The Bertz CT molecular complexity index is 551. The molecule has 0 saturated carbocycles. The fraction of sp³-hybridized carbons (Fsp3) is 0.308. The van der Waals surface area contributed by atoms with Crippen LogP contribution in [0.3, 0.4) is 0 Å². The van der Waals surface area contributed by atoms with E-state index >= 15 is 0 Å². The van der Waals surface area contributed by atoms with Crippen LogP contribution in [-0.4, -0.2) is 18.4 Å². The van der Waals surface area contributed by atoms with Gasteiger partial charge >= 0.3 is 0 Å². The van der Waals surface area contributed by atoms with Crippen LogP contribution in [0.2, 0.25) is 0 Å². The second-order valence-electron chi connectivity index (χ2n) is 4.09. The number of aromatic nitrogens is 1. The number of ether oxygens (including phenoxy) is 2. The fourth-order valence-corrected chi connectivity index (χ4v) is 1.87. The van der Waals surface area contributed by atoms with Crippen LogP contribution in [0.5, 0.6) is 11.5 Å². The lowest BCUT2D eigenvalue weighted by molar-refractivity contribution is 0.297. The van der Waals surface area contributed by atoms with E-state index in [-0.39, 0.29) is 0 Å². The molecule has 0 bridgehead atoms. The lowest BCUT2D eigenvalue weighted by Crippen LogP contribution is -1.97. The number of nitrogens with zero attached hydrogens (tertiary/aromatic N) is 1. The molecule has 0 fully saturated rings. The van der Waals surface area contributed by atoms with Crippen LogP contribution in [0.1, 0.15) is 12.2 Å². The number of hydrogen-bond donors (Lipinski definition) is 1. The third-order valence-corrected chi connectivity index (χ3v) is 2.80. The van der Waals surface area contributed by atoms with Gasteiger partial charge in [-0.05, 0) is 18.2 Å². The van der Waals surface area contributed by atoms with E-state index in [9.17, 15) is 0 Å². The minimum atomic E-state index is 0.345. The Balaban J connectivity index is 1.95. The normalized spacial score (nSPS) is 14.3. The Labute approximate surface area is 104 Å². The van der Waals surface area contributed by atoms with Crippen molar-refractivity contribution in [3.63, 3.8) is 0 Å². The van der Waals surface area contributed by atoms with Crippen molar-refractivity contribution in [2.45, 2.75) is 13.0 Å². The summed E-state index contributed by atoms with van der Waals surface area (Å²) in [5.41, 5.74) is 7.18. The van der Waals surface area contributed by atoms with Crippen molar-refractivity contribution < 1.29 is 14.0 Å². The Morgan fingerprint density at radius 2 is 1.94 bits per heavy atom. The third-order valence-electron chi connectivity index (χ3n) is 2.80. The first-order valence-electron chi connectivity index (χ1n) is 5.92. The van der Waals surface area contributed by atoms with Crippen molar-refractivity contribution in [1.82, 2.24) is 5.16 Å². The van der Waals surface area contributed by atoms with E-state index in [1.807, 2.05) is 24.3 Å². The molecule has 2 N–H and O–H groups in total. The molecule has 0 saturated heterocycles. The molecular weight excluding hydrogens is 232 g/mol. The molecule has 0 atom stereocenters. The van der Waals surface area contributed by atoms with E-state index in [4.69, 9.17) is 19.7 Å². The summed E-state index contributed by atoms with van der Waals surface area (Å²) in [6, 6.07) is 7.58. The SMILES string of the molecule is NCc1cc(-c2ccc3c(c2)OCCCO3)no1. The van der Waals surface area contributed by atoms with E-state index in [1.54, 1.807) is 0 Å². The highest BCUT2D eigenvalue weighted by Gasteiger charge is 2.13. The largest absolute Gasteiger partial charge is 0.490 e. The first-order valence-corrected chi connectivity index (χ1v) is 5.92. The number of benzene rings is 1. The topological polar surface area (TPSA) is 70.5 Å². The molecule has 0 unspecified atom stereocenters. The molecule has 18 heavy (non-hydrogen) atoms. The van der Waals surface area contributed by atoms with Gasteiger partial charge in [-0.3, -0.25) is 0 Å². The standard InChI is InChI=1S/C13H14N2O3/c14-8-10-7-11(15-18-10)9-2-3-12-13(6-9)17-5-1-4-16-12/h2-3,6-7H,1,4-5,8,14H2. The number of fused-ring (bicyclic) bond motifs is 1. The highest BCUT2D eigenvalue weighted by atomic mass is 16.5. The van der Waals surface area contributed by atoms with E-state index in [0.29, 0.717) is 25.5 Å². The lowest BCUT2D eigenvalue weighted by atomic mass is 10.1. The summed E-state index contributed by atoms with van der Waals surface area (Å²) in [5.74, 6) is 2.19. The van der Waals surface area contributed by atoms with Crippen molar-refractivity contribution >= 4 is 0 Å². The van der Waals surface area contributed by atoms with Gasteiger partial charge in [0, 0.05) is 18.1 Å². The Morgan fingerprint density at radius 3 is 2.72 bits per heavy atom. The van der Waals surface area contributed by atoms with Crippen LogP contribution in [0, 0.1) is 0 Å². The third kappa shape index (κ3) is 2.04. The molecule has 0 spiro atoms. The zero-order valence-corrected chi connectivity index (χ0v) is 9.89. The molecule has 5 nitrogen and oxygen atoms in total. The van der Waals surface area contributed by atoms with Gasteiger partial charge in [0.1, 0.15) is 5.69 Å². The van der Waals surface area contributed by atoms with Gasteiger partial charge in [-0.1, -0.05) is 5.16 Å². The number of nitrogens with two attached hydrogens (primary N) is 1. The Morgan fingerprint density at radius 1 is 1.11 bits per heavy atom. The van der Waals surface area contributed by atoms with Gasteiger partial charge in [0.25, 0.3) is 0 Å². The van der Waals surface area contributed by atoms with Gasteiger partial charge in [0.2, 0.25) is 0 Å². The maximum absolute atomic E-state index is 5.64. The lowest BCUT2D eigenvalue weighted by Gasteiger charge is -2.07. The summed E-state index contributed by atoms with van der Waals surface area (Å²) in [7, 11) is 0. The zero-order valence-electron chi connectivity index (χ0n) is 9.89. The average Bonchev–Trinajstić information content (AvgIpc) is 2.76. The predicted octanol–water partition coefficient (Wildman–Crippen LogP) is 1.96. The fourth-order valence-electron chi connectivity index (χ4n) is 1.87. The predicted molar refractivity (Wildman–Crippen MR) is 65.4 cm³/mol. The second-order valence-corrected chi connectivity index (χ2v) is 4.09. The number of hydrogen-bond acceptors (Lipinski definition) is 5. The van der Waals surface area contributed by atoms with Crippen molar-refractivity contribution in [2.24, 2.45) is 5.73 Å². The molecule has 0 aliphatic carbocycles. The summed E-state index contributed by atoms with van der Waals surface area (Å²) in [5, 5.41) is 3.98. The first-order chi connectivity index (χ1) is 8.86. The summed E-state index contributed by atoms with van der Waals surface area (Å²) >= 11 is 0. The summed E-state index contributed by atoms with van der Waals surface area (Å²) in [6.45, 7) is 1.70. The Kier molecular flexibility index (Phi) is 2.90. The maximum Gasteiger partial charge on any atom is 0.161 e. The summed E-state index contributed by atoms with van der Waals surface area (Å²) in [6.07, 6.45) is 0.894. The molecule has 1 aromatic heterocycles. The minimum absolute atomic E-state index is 0.345. The molecule has 0 amide bonds. The quantitative estimate of drug-likeness (QED) is 0.877. The summed E-state index contributed by atoms with van der Waals surface area (Å²) in [4.78, 5) is 0. The second kappa shape index (κ2) is 4.70. The molecule has 5 heteroatoms. The Hall–Kier alpha value is -2.01. The highest BCUT2D eigenvalue weighted by Crippen LogP contribution is 2.33. The molecule has 1 aliphatic rings. The molecule has 1 aliphatic heterocycles. The van der Waals surface area contributed by atoms with Crippen molar-refractivity contribution in [3.8, 4) is 22.8 Å². The molecule has 1 aromatic carbocycles. The van der Waals surface area contributed by atoms with E-state index < -0.39 is 0 Å². The van der Waals surface area contributed by atoms with Gasteiger partial charge < -0.3 is 19.7 Å². The maximum atomic E-state index is 5.64. The van der Waals surface area contributed by atoms with Gasteiger partial charge in [-0.15, -0.1) is 0 Å². The minimum Gasteiger partial charge on any atom is -0.490 e. The molecule has 3 rings (SSSR count). The van der Waals surface area contributed by atoms with Gasteiger partial charge in [0.15, 0.2) is 17.3 Å². The van der Waals surface area contributed by atoms with Crippen LogP contribution in [0.15, 0.2) is 28.8 Å². The molecule has 0 radical (unpaired) electrons. The first kappa shape index (κ1) is 11.1. The van der Waals surface area contributed by atoms with Gasteiger partial charge in [-0.25, -0.2) is 0 Å². The zero-order chi connectivity index (χ0) is 12.4.